The first-order valence-corrected chi connectivity index (χ1v) is 11.2. The van der Waals surface area contributed by atoms with Crippen molar-refractivity contribution in [2.75, 3.05) is 26.4 Å². The number of nitrogens with one attached hydrogen (secondary N) is 1. The number of benzene rings is 1. The minimum absolute atomic E-state index is 0.0438. The Morgan fingerprint density at radius 2 is 2.09 bits per heavy atom. The van der Waals surface area contributed by atoms with Crippen LogP contribution in [0.15, 0.2) is 24.3 Å². The van der Waals surface area contributed by atoms with E-state index in [2.05, 4.69) is 10.4 Å². The summed E-state index contributed by atoms with van der Waals surface area (Å²) < 4.78 is 51.4. The second kappa shape index (κ2) is 11.6. The molecular formula is C23H30F3N3O4. The summed E-state index contributed by atoms with van der Waals surface area (Å²) in [6, 6.07) is 4.45. The lowest BCUT2D eigenvalue weighted by molar-refractivity contribution is -0.138. The van der Waals surface area contributed by atoms with E-state index in [-0.39, 0.29) is 18.1 Å². The van der Waals surface area contributed by atoms with E-state index in [0.29, 0.717) is 51.1 Å². The van der Waals surface area contributed by atoms with Crippen LogP contribution in [0.5, 0.6) is 0 Å². The van der Waals surface area contributed by atoms with E-state index < -0.39 is 18.0 Å². The highest BCUT2D eigenvalue weighted by Crippen LogP contribution is 2.31. The molecule has 0 saturated heterocycles. The number of aryl methyl sites for hydroxylation is 2. The first-order valence-electron chi connectivity index (χ1n) is 11.2. The molecule has 1 aliphatic rings. The number of hydrogen-bond donors (Lipinski definition) is 2. The zero-order chi connectivity index (χ0) is 23.8. The first kappa shape index (κ1) is 25.2. The highest BCUT2D eigenvalue weighted by molar-refractivity contribution is 5.96. The van der Waals surface area contributed by atoms with Crippen molar-refractivity contribution in [1.82, 2.24) is 15.1 Å². The number of ether oxygens (including phenoxy) is 2. The molecule has 0 spiro atoms. The zero-order valence-electron chi connectivity index (χ0n) is 18.7. The molecule has 2 N–H and O–H groups in total. The molecule has 1 atom stereocenters. The maximum atomic E-state index is 12.9. The largest absolute Gasteiger partial charge is 0.416 e. The van der Waals surface area contributed by atoms with Crippen LogP contribution in [-0.4, -0.2) is 47.2 Å². The molecule has 0 aliphatic carbocycles. The number of halogens is 3. The van der Waals surface area contributed by atoms with Gasteiger partial charge in [0.15, 0.2) is 6.29 Å². The van der Waals surface area contributed by atoms with Gasteiger partial charge in [-0.1, -0.05) is 19.1 Å². The van der Waals surface area contributed by atoms with E-state index in [1.165, 1.54) is 12.1 Å². The van der Waals surface area contributed by atoms with E-state index in [1.807, 2.05) is 6.92 Å². The Kier molecular flexibility index (Phi) is 8.87. The molecule has 33 heavy (non-hydrogen) atoms. The molecule has 2 aromatic rings. The predicted molar refractivity (Wildman–Crippen MR) is 115 cm³/mol. The van der Waals surface area contributed by atoms with Gasteiger partial charge in [-0.25, -0.2) is 0 Å². The number of aromatic nitrogens is 2. The fourth-order valence-corrected chi connectivity index (χ4v) is 3.78. The Morgan fingerprint density at radius 3 is 2.85 bits per heavy atom. The van der Waals surface area contributed by atoms with Crippen molar-refractivity contribution in [1.29, 1.82) is 0 Å². The molecule has 2 heterocycles. The molecule has 1 aromatic heterocycles. The number of alkyl halides is 3. The zero-order valence-corrected chi connectivity index (χ0v) is 18.7. The summed E-state index contributed by atoms with van der Waals surface area (Å²) in [4.78, 5) is 12.8. The van der Waals surface area contributed by atoms with Crippen LogP contribution in [0.4, 0.5) is 13.2 Å². The number of nitrogens with zero attached hydrogens (tertiary/aromatic N) is 2. The lowest BCUT2D eigenvalue weighted by Gasteiger charge is -2.15. The number of hydrogen-bond acceptors (Lipinski definition) is 5. The molecular weight excluding hydrogens is 439 g/mol. The number of rotatable bonds is 7. The first-order chi connectivity index (χ1) is 15.8. The third kappa shape index (κ3) is 6.78. The third-order valence-corrected chi connectivity index (χ3v) is 5.43. The Hall–Kier alpha value is -2.43. The van der Waals surface area contributed by atoms with Crippen molar-refractivity contribution in [3.05, 3.63) is 52.3 Å². The van der Waals surface area contributed by atoms with Crippen LogP contribution in [-0.2, 0) is 35.0 Å². The molecule has 1 aliphatic heterocycles. The molecule has 1 unspecified atom stereocenters. The van der Waals surface area contributed by atoms with Crippen molar-refractivity contribution in [2.24, 2.45) is 0 Å². The van der Waals surface area contributed by atoms with Gasteiger partial charge < -0.3 is 19.9 Å². The van der Waals surface area contributed by atoms with Crippen LogP contribution in [0.1, 0.15) is 65.3 Å². The summed E-state index contributed by atoms with van der Waals surface area (Å²) in [5.74, 6) is -0.133. The van der Waals surface area contributed by atoms with Crippen molar-refractivity contribution >= 4 is 5.91 Å². The van der Waals surface area contributed by atoms with Crippen LogP contribution < -0.4 is 5.32 Å². The average Bonchev–Trinajstić information content (AvgIpc) is 3.13. The van der Waals surface area contributed by atoms with E-state index in [0.717, 1.165) is 36.4 Å². The number of carbonyl (C=O) groups is 1. The fourth-order valence-electron chi connectivity index (χ4n) is 3.78. The fraction of sp³-hybridized carbons (Fsp3) is 0.565. The van der Waals surface area contributed by atoms with Crippen molar-refractivity contribution in [3.8, 4) is 0 Å². The number of amides is 1. The van der Waals surface area contributed by atoms with Gasteiger partial charge in [0.2, 0.25) is 0 Å². The maximum Gasteiger partial charge on any atom is 0.416 e. The highest BCUT2D eigenvalue weighted by Gasteiger charge is 2.31. The van der Waals surface area contributed by atoms with Crippen molar-refractivity contribution in [2.45, 2.75) is 58.0 Å². The average molecular weight is 470 g/mol. The topological polar surface area (TPSA) is 85.6 Å². The molecule has 3 rings (SSSR count). The molecule has 0 saturated carbocycles. The standard InChI is InChI=1S/C23H30F3N3O4/c1-2-18-20-19(9-4-12-32-13-5-10-27-21(20)30)29(28-18)11-6-14-33-22(31)16-7-3-8-17(15-16)23(24,25)26/h3,7-8,15,22,31H,2,4-6,9-14H2,1H3,(H,27,30). The van der Waals surface area contributed by atoms with Crippen LogP contribution in [0.25, 0.3) is 0 Å². The molecule has 182 valence electrons. The lowest BCUT2D eigenvalue weighted by atomic mass is 10.1. The summed E-state index contributed by atoms with van der Waals surface area (Å²) >= 11 is 0. The third-order valence-electron chi connectivity index (χ3n) is 5.43. The molecule has 0 fully saturated rings. The van der Waals surface area contributed by atoms with Crippen LogP contribution in [0, 0.1) is 0 Å². The van der Waals surface area contributed by atoms with Gasteiger partial charge in [0.05, 0.1) is 29.1 Å². The Bertz CT molecular complexity index is 930. The van der Waals surface area contributed by atoms with Gasteiger partial charge in [-0.05, 0) is 44.2 Å². The monoisotopic (exact) mass is 469 g/mol. The number of aliphatic hydroxyl groups excluding tert-OH is 1. The minimum Gasteiger partial charge on any atom is -0.381 e. The van der Waals surface area contributed by atoms with Gasteiger partial charge in [-0.15, -0.1) is 0 Å². The van der Waals surface area contributed by atoms with E-state index >= 15 is 0 Å². The molecule has 1 aromatic carbocycles. The van der Waals surface area contributed by atoms with Gasteiger partial charge in [-0.3, -0.25) is 9.48 Å². The summed E-state index contributed by atoms with van der Waals surface area (Å²) in [6.07, 6.45) is -2.71. The summed E-state index contributed by atoms with van der Waals surface area (Å²) in [7, 11) is 0. The van der Waals surface area contributed by atoms with E-state index in [9.17, 15) is 23.1 Å². The molecule has 10 heteroatoms. The molecule has 0 radical (unpaired) electrons. The van der Waals surface area contributed by atoms with Crippen LogP contribution in [0.3, 0.4) is 0 Å². The second-order valence-electron chi connectivity index (χ2n) is 7.87. The molecule has 0 bridgehead atoms. The van der Waals surface area contributed by atoms with Crippen LogP contribution >= 0.6 is 0 Å². The summed E-state index contributed by atoms with van der Waals surface area (Å²) in [6.45, 7) is 4.26. The smallest absolute Gasteiger partial charge is 0.381 e. The van der Waals surface area contributed by atoms with E-state index in [1.54, 1.807) is 4.68 Å². The van der Waals surface area contributed by atoms with Crippen molar-refractivity contribution in [3.63, 3.8) is 0 Å². The SMILES string of the molecule is CCc1nn(CCCOC(O)c2cccc(C(F)(F)F)c2)c2c1C(=O)NCCCOCCC2. The number of aliphatic hydroxyl groups is 1. The summed E-state index contributed by atoms with van der Waals surface area (Å²) in [5.41, 5.74) is 1.39. The summed E-state index contributed by atoms with van der Waals surface area (Å²) in [5, 5.41) is 17.7. The Balaban J connectivity index is 1.64. The van der Waals surface area contributed by atoms with Gasteiger partial charge in [0.25, 0.3) is 5.91 Å². The Labute approximate surface area is 190 Å². The van der Waals surface area contributed by atoms with Gasteiger partial charge in [0.1, 0.15) is 0 Å². The quantitative estimate of drug-likeness (QED) is 0.478. The van der Waals surface area contributed by atoms with Gasteiger partial charge in [-0.2, -0.15) is 18.3 Å². The second-order valence-corrected chi connectivity index (χ2v) is 7.87. The van der Waals surface area contributed by atoms with Crippen molar-refractivity contribution < 1.29 is 32.5 Å². The van der Waals surface area contributed by atoms with Gasteiger partial charge >= 0.3 is 6.18 Å². The number of fused-ring (bicyclic) bond motifs is 1. The van der Waals surface area contributed by atoms with E-state index in [4.69, 9.17) is 9.47 Å². The number of carbonyl (C=O) groups excluding carboxylic acids is 1. The molecule has 7 nitrogen and oxygen atoms in total. The van der Waals surface area contributed by atoms with Crippen LogP contribution in [0.2, 0.25) is 0 Å². The minimum atomic E-state index is -4.49. The molecule has 1 amide bonds. The predicted octanol–water partition coefficient (Wildman–Crippen LogP) is 3.64. The normalized spacial score (nSPS) is 16.6. The highest BCUT2D eigenvalue weighted by atomic mass is 19.4. The Morgan fingerprint density at radius 1 is 1.30 bits per heavy atom. The maximum absolute atomic E-state index is 12.9. The van der Waals surface area contributed by atoms with Gasteiger partial charge in [0, 0.05) is 31.9 Å². The lowest BCUT2D eigenvalue weighted by Crippen LogP contribution is -2.26.